The molecule has 3 rings (SSSR count). The second-order valence-corrected chi connectivity index (χ2v) is 7.56. The van der Waals surface area contributed by atoms with E-state index in [2.05, 4.69) is 50.0 Å². The van der Waals surface area contributed by atoms with Gasteiger partial charge in [0.05, 0.1) is 5.69 Å². The van der Waals surface area contributed by atoms with Crippen molar-refractivity contribution in [2.24, 2.45) is 5.73 Å². The van der Waals surface area contributed by atoms with E-state index in [-0.39, 0.29) is 5.41 Å². The molecule has 26 heavy (non-hydrogen) atoms. The molecule has 0 saturated heterocycles. The zero-order chi connectivity index (χ0) is 18.7. The summed E-state index contributed by atoms with van der Waals surface area (Å²) in [5.74, 6) is 0. The Morgan fingerprint density at radius 2 is 1.81 bits per heavy atom. The van der Waals surface area contributed by atoms with Crippen LogP contribution in [-0.2, 0) is 11.8 Å². The molecule has 0 aliphatic carbocycles. The lowest BCUT2D eigenvalue weighted by Crippen LogP contribution is -2.37. The van der Waals surface area contributed by atoms with Crippen molar-refractivity contribution in [1.29, 1.82) is 0 Å². The maximum absolute atomic E-state index is 12.1. The molecule has 0 fully saturated rings. The zero-order valence-corrected chi connectivity index (χ0v) is 15.6. The van der Waals surface area contributed by atoms with Crippen LogP contribution in [0, 0.1) is 0 Å². The topological polar surface area (TPSA) is 59.2 Å². The number of nitrogens with zero attached hydrogens (tertiary/aromatic N) is 2. The Balaban J connectivity index is 1.82. The number of fused-ring (bicyclic) bond motifs is 1. The van der Waals surface area contributed by atoms with Gasteiger partial charge < -0.3 is 5.73 Å². The molecule has 1 heterocycles. The number of aromatic nitrogens is 1. The van der Waals surface area contributed by atoms with Gasteiger partial charge in [-0.1, -0.05) is 57.2 Å². The molecule has 0 bridgehead atoms. The van der Waals surface area contributed by atoms with Crippen molar-refractivity contribution in [1.82, 2.24) is 4.98 Å². The SMILES string of the molecule is CC(C)(C)c1ccc(CCN(C(N)=O)c2cccc3cnccc23)cc1. The maximum Gasteiger partial charge on any atom is 0.319 e. The Morgan fingerprint density at radius 3 is 2.46 bits per heavy atom. The first-order chi connectivity index (χ1) is 12.4. The number of hydrogen-bond donors (Lipinski definition) is 1. The van der Waals surface area contributed by atoms with E-state index < -0.39 is 6.03 Å². The Kier molecular flexibility index (Phi) is 4.94. The third-order valence-corrected chi connectivity index (χ3v) is 4.66. The summed E-state index contributed by atoms with van der Waals surface area (Å²) in [5.41, 5.74) is 9.12. The van der Waals surface area contributed by atoms with Gasteiger partial charge in [0.2, 0.25) is 0 Å². The number of rotatable bonds is 4. The van der Waals surface area contributed by atoms with Crippen LogP contribution in [0.5, 0.6) is 0 Å². The van der Waals surface area contributed by atoms with E-state index in [1.54, 1.807) is 17.3 Å². The summed E-state index contributed by atoms with van der Waals surface area (Å²) < 4.78 is 0. The molecule has 134 valence electrons. The summed E-state index contributed by atoms with van der Waals surface area (Å²) in [4.78, 5) is 17.9. The van der Waals surface area contributed by atoms with E-state index >= 15 is 0 Å². The average molecular weight is 347 g/mol. The molecule has 0 atom stereocenters. The molecule has 0 spiro atoms. The van der Waals surface area contributed by atoms with Gasteiger partial charge in [0.25, 0.3) is 0 Å². The molecule has 0 aliphatic rings. The highest BCUT2D eigenvalue weighted by Crippen LogP contribution is 2.27. The lowest BCUT2D eigenvalue weighted by atomic mass is 9.86. The normalized spacial score (nSPS) is 11.5. The second-order valence-electron chi connectivity index (χ2n) is 7.56. The largest absolute Gasteiger partial charge is 0.351 e. The third-order valence-electron chi connectivity index (χ3n) is 4.66. The minimum Gasteiger partial charge on any atom is -0.351 e. The van der Waals surface area contributed by atoms with Crippen LogP contribution in [0.3, 0.4) is 0 Å². The van der Waals surface area contributed by atoms with Crippen LogP contribution >= 0.6 is 0 Å². The van der Waals surface area contributed by atoms with Crippen molar-refractivity contribution in [3.8, 4) is 0 Å². The van der Waals surface area contributed by atoms with Gasteiger partial charge in [-0.25, -0.2) is 4.79 Å². The van der Waals surface area contributed by atoms with Gasteiger partial charge in [-0.2, -0.15) is 0 Å². The van der Waals surface area contributed by atoms with Gasteiger partial charge in [-0.05, 0) is 35.1 Å². The fourth-order valence-electron chi connectivity index (χ4n) is 3.10. The number of anilines is 1. The number of urea groups is 1. The number of primary amides is 1. The van der Waals surface area contributed by atoms with Crippen LogP contribution in [0.25, 0.3) is 10.8 Å². The predicted octanol–water partition coefficient (Wildman–Crippen LogP) is 4.66. The van der Waals surface area contributed by atoms with Gasteiger partial charge in [0.1, 0.15) is 0 Å². The highest BCUT2D eigenvalue weighted by Gasteiger charge is 2.16. The van der Waals surface area contributed by atoms with Crippen molar-refractivity contribution >= 4 is 22.5 Å². The summed E-state index contributed by atoms with van der Waals surface area (Å²) in [6.45, 7) is 7.14. The van der Waals surface area contributed by atoms with E-state index in [1.807, 2.05) is 24.3 Å². The van der Waals surface area contributed by atoms with Gasteiger partial charge in [0.15, 0.2) is 0 Å². The second kappa shape index (κ2) is 7.16. The number of nitrogens with two attached hydrogens (primary N) is 1. The molecule has 0 saturated carbocycles. The lowest BCUT2D eigenvalue weighted by molar-refractivity contribution is 0.254. The number of benzene rings is 2. The molecule has 3 aromatic rings. The van der Waals surface area contributed by atoms with E-state index in [9.17, 15) is 4.79 Å². The molecular formula is C22H25N3O. The molecule has 0 radical (unpaired) electrons. The van der Waals surface area contributed by atoms with Gasteiger partial charge in [0, 0.05) is 29.7 Å². The van der Waals surface area contributed by atoms with E-state index in [1.165, 1.54) is 11.1 Å². The Hall–Kier alpha value is -2.88. The summed E-state index contributed by atoms with van der Waals surface area (Å²) >= 11 is 0. The summed E-state index contributed by atoms with van der Waals surface area (Å²) in [6, 6.07) is 15.9. The number of carbonyl (C=O) groups is 1. The predicted molar refractivity (Wildman–Crippen MR) is 108 cm³/mol. The molecule has 4 nitrogen and oxygen atoms in total. The van der Waals surface area contributed by atoms with Crippen LogP contribution in [0.2, 0.25) is 0 Å². The Labute approximate surface area is 154 Å². The summed E-state index contributed by atoms with van der Waals surface area (Å²) in [7, 11) is 0. The van der Waals surface area contributed by atoms with Gasteiger partial charge in [-0.15, -0.1) is 0 Å². The molecule has 0 aliphatic heterocycles. The number of carbonyl (C=O) groups excluding carboxylic acids is 1. The quantitative estimate of drug-likeness (QED) is 0.746. The Morgan fingerprint density at radius 1 is 1.08 bits per heavy atom. The van der Waals surface area contributed by atoms with Crippen LogP contribution in [-0.4, -0.2) is 17.6 Å². The molecule has 1 aromatic heterocycles. The Bertz CT molecular complexity index is 905. The smallest absolute Gasteiger partial charge is 0.319 e. The van der Waals surface area contributed by atoms with Gasteiger partial charge in [-0.3, -0.25) is 9.88 Å². The van der Waals surface area contributed by atoms with E-state index in [0.29, 0.717) is 6.54 Å². The van der Waals surface area contributed by atoms with Crippen LogP contribution in [0.4, 0.5) is 10.5 Å². The van der Waals surface area contributed by atoms with Crippen LogP contribution in [0.15, 0.2) is 60.9 Å². The fraction of sp³-hybridized carbons (Fsp3) is 0.273. The fourth-order valence-corrected chi connectivity index (χ4v) is 3.10. The first-order valence-corrected chi connectivity index (χ1v) is 8.85. The standard InChI is InChI=1S/C22H25N3O/c1-22(2,3)18-9-7-16(8-10-18)12-14-25(21(23)26)20-6-4-5-17-15-24-13-11-19(17)20/h4-11,13,15H,12,14H2,1-3H3,(H2,23,26). The number of hydrogen-bond acceptors (Lipinski definition) is 2. The van der Waals surface area contributed by atoms with Crippen LogP contribution < -0.4 is 10.6 Å². The average Bonchev–Trinajstić information content (AvgIpc) is 2.61. The minimum absolute atomic E-state index is 0.134. The highest BCUT2D eigenvalue weighted by atomic mass is 16.2. The summed E-state index contributed by atoms with van der Waals surface area (Å²) in [5, 5.41) is 1.97. The zero-order valence-electron chi connectivity index (χ0n) is 15.6. The van der Waals surface area contributed by atoms with Crippen molar-refractivity contribution in [2.75, 3.05) is 11.4 Å². The van der Waals surface area contributed by atoms with Crippen molar-refractivity contribution in [3.05, 3.63) is 72.1 Å². The number of amides is 2. The lowest BCUT2D eigenvalue weighted by Gasteiger charge is -2.23. The third kappa shape index (κ3) is 3.85. The first kappa shape index (κ1) is 17.9. The van der Waals surface area contributed by atoms with Crippen molar-refractivity contribution in [2.45, 2.75) is 32.6 Å². The molecule has 2 amide bonds. The first-order valence-electron chi connectivity index (χ1n) is 8.85. The monoisotopic (exact) mass is 347 g/mol. The van der Waals surface area contributed by atoms with Gasteiger partial charge >= 0.3 is 6.03 Å². The molecule has 2 aromatic carbocycles. The van der Waals surface area contributed by atoms with Crippen LogP contribution in [0.1, 0.15) is 31.9 Å². The number of pyridine rings is 1. The van der Waals surface area contributed by atoms with E-state index in [0.717, 1.165) is 22.9 Å². The summed E-state index contributed by atoms with van der Waals surface area (Å²) in [6.07, 6.45) is 4.27. The van der Waals surface area contributed by atoms with Crippen molar-refractivity contribution < 1.29 is 4.79 Å². The van der Waals surface area contributed by atoms with Crippen molar-refractivity contribution in [3.63, 3.8) is 0 Å². The molecule has 4 heteroatoms. The molecule has 2 N–H and O–H groups in total. The van der Waals surface area contributed by atoms with E-state index in [4.69, 9.17) is 5.73 Å². The highest BCUT2D eigenvalue weighted by molar-refractivity contribution is 6.02. The molecular weight excluding hydrogens is 322 g/mol. The maximum atomic E-state index is 12.1. The minimum atomic E-state index is -0.444. The molecule has 0 unspecified atom stereocenters.